The number of nitrogens with zero attached hydrogens (tertiary/aromatic N) is 1. The van der Waals surface area contributed by atoms with E-state index in [9.17, 15) is 5.11 Å². The summed E-state index contributed by atoms with van der Waals surface area (Å²) in [4.78, 5) is 0. The molecule has 0 spiro atoms. The van der Waals surface area contributed by atoms with E-state index in [1.165, 1.54) is 0 Å². The van der Waals surface area contributed by atoms with Crippen LogP contribution < -0.4 is 9.47 Å². The van der Waals surface area contributed by atoms with Gasteiger partial charge in [0.05, 0.1) is 26.4 Å². The van der Waals surface area contributed by atoms with Crippen molar-refractivity contribution in [1.82, 2.24) is 5.16 Å². The molecule has 3 aromatic rings. The third-order valence-corrected chi connectivity index (χ3v) is 4.28. The Labute approximate surface area is 146 Å². The highest BCUT2D eigenvalue weighted by Crippen LogP contribution is 2.37. The molecule has 0 radical (unpaired) electrons. The fourth-order valence-electron chi connectivity index (χ4n) is 3.00. The van der Waals surface area contributed by atoms with Crippen LogP contribution in [0.15, 0.2) is 40.9 Å². The van der Waals surface area contributed by atoms with Gasteiger partial charge in [-0.1, -0.05) is 23.4 Å². The van der Waals surface area contributed by atoms with Gasteiger partial charge < -0.3 is 19.1 Å². The lowest BCUT2D eigenvalue weighted by atomic mass is 9.96. The summed E-state index contributed by atoms with van der Waals surface area (Å²) in [5, 5.41) is 14.2. The monoisotopic (exact) mass is 339 g/mol. The molecule has 130 valence electrons. The van der Waals surface area contributed by atoms with Crippen LogP contribution in [0, 0.1) is 13.8 Å². The average Bonchev–Trinajstić information content (AvgIpc) is 3.04. The molecule has 0 aliphatic heterocycles. The minimum Gasteiger partial charge on any atom is -0.497 e. The molecule has 0 fully saturated rings. The van der Waals surface area contributed by atoms with Crippen LogP contribution in [0.2, 0.25) is 0 Å². The first-order valence-corrected chi connectivity index (χ1v) is 7.98. The Hall–Kier alpha value is -2.79. The maximum Gasteiger partial charge on any atom is 0.173 e. The molecule has 1 aromatic heterocycles. The summed E-state index contributed by atoms with van der Waals surface area (Å²) >= 11 is 0. The number of benzene rings is 2. The van der Waals surface area contributed by atoms with E-state index in [4.69, 9.17) is 14.0 Å². The Morgan fingerprint density at radius 1 is 1.00 bits per heavy atom. The summed E-state index contributed by atoms with van der Waals surface area (Å²) < 4.78 is 16.3. The molecule has 0 aliphatic rings. The molecule has 0 atom stereocenters. The van der Waals surface area contributed by atoms with Crippen molar-refractivity contribution in [3.05, 3.63) is 53.1 Å². The summed E-state index contributed by atoms with van der Waals surface area (Å²) in [7, 11) is 3.19. The lowest BCUT2D eigenvalue weighted by molar-refractivity contribution is 0.281. The number of hydrogen-bond donors (Lipinski definition) is 1. The largest absolute Gasteiger partial charge is 0.497 e. The van der Waals surface area contributed by atoms with Gasteiger partial charge in [-0.25, -0.2) is 0 Å². The normalized spacial score (nSPS) is 10.8. The number of aliphatic hydroxyl groups excluding tert-OH is 1. The zero-order chi connectivity index (χ0) is 18.0. The molecule has 0 saturated heterocycles. The van der Waals surface area contributed by atoms with Crippen molar-refractivity contribution in [3.63, 3.8) is 0 Å². The van der Waals surface area contributed by atoms with Crippen molar-refractivity contribution in [2.24, 2.45) is 0 Å². The minimum atomic E-state index is -0.179. The Morgan fingerprint density at radius 3 is 2.12 bits per heavy atom. The predicted molar refractivity (Wildman–Crippen MR) is 95.9 cm³/mol. The molecular formula is C20H21NO4. The van der Waals surface area contributed by atoms with Gasteiger partial charge in [0.1, 0.15) is 17.2 Å². The second-order valence-electron chi connectivity index (χ2n) is 5.87. The van der Waals surface area contributed by atoms with Crippen molar-refractivity contribution in [2.45, 2.75) is 20.5 Å². The number of aromatic nitrogens is 1. The van der Waals surface area contributed by atoms with E-state index in [1.54, 1.807) is 20.3 Å². The second-order valence-corrected chi connectivity index (χ2v) is 5.87. The van der Waals surface area contributed by atoms with E-state index in [0.29, 0.717) is 28.5 Å². The van der Waals surface area contributed by atoms with Gasteiger partial charge in [-0.2, -0.15) is 0 Å². The van der Waals surface area contributed by atoms with Gasteiger partial charge >= 0.3 is 0 Å². The number of rotatable bonds is 5. The number of ether oxygens (including phenoxy) is 2. The van der Waals surface area contributed by atoms with Gasteiger partial charge in [0.2, 0.25) is 0 Å². The number of hydrogen-bond acceptors (Lipinski definition) is 5. The third-order valence-electron chi connectivity index (χ3n) is 4.28. The molecule has 2 aromatic carbocycles. The van der Waals surface area contributed by atoms with Gasteiger partial charge in [-0.3, -0.25) is 0 Å². The van der Waals surface area contributed by atoms with E-state index in [1.807, 2.05) is 44.2 Å². The van der Waals surface area contributed by atoms with E-state index in [2.05, 4.69) is 5.16 Å². The van der Waals surface area contributed by atoms with E-state index in [-0.39, 0.29) is 6.61 Å². The predicted octanol–water partition coefficient (Wildman–Crippen LogP) is 4.13. The van der Waals surface area contributed by atoms with Crippen LogP contribution in [0.1, 0.15) is 16.7 Å². The van der Waals surface area contributed by atoms with Crippen molar-refractivity contribution >= 4 is 0 Å². The standard InChI is InChI=1S/C20H21NO4/c1-12-6-5-7-13(2)18(12)20-17(11-22)19(21-25-20)14-8-15(23-3)10-16(9-14)24-4/h5-10,22H,11H2,1-4H3. The number of methoxy groups -OCH3 is 2. The molecule has 0 unspecified atom stereocenters. The van der Waals surface area contributed by atoms with Crippen LogP contribution in [0.4, 0.5) is 0 Å². The lowest BCUT2D eigenvalue weighted by Gasteiger charge is -2.09. The molecule has 5 nitrogen and oxygen atoms in total. The summed E-state index contributed by atoms with van der Waals surface area (Å²) in [6.45, 7) is 3.85. The molecule has 0 aliphatic carbocycles. The van der Waals surface area contributed by atoms with Crippen LogP contribution in [-0.4, -0.2) is 24.5 Å². The van der Waals surface area contributed by atoms with Crippen LogP contribution >= 0.6 is 0 Å². The molecule has 25 heavy (non-hydrogen) atoms. The topological polar surface area (TPSA) is 64.7 Å². The fourth-order valence-corrected chi connectivity index (χ4v) is 3.00. The highest BCUT2D eigenvalue weighted by molar-refractivity contribution is 5.76. The Kier molecular flexibility index (Phi) is 4.76. The molecule has 0 bridgehead atoms. The Balaban J connectivity index is 2.19. The number of aliphatic hydroxyl groups is 1. The smallest absolute Gasteiger partial charge is 0.173 e. The Bertz CT molecular complexity index is 856. The highest BCUT2D eigenvalue weighted by Gasteiger charge is 2.21. The molecular weight excluding hydrogens is 318 g/mol. The van der Waals surface area contributed by atoms with Crippen molar-refractivity contribution in [3.8, 4) is 34.1 Å². The lowest BCUT2D eigenvalue weighted by Crippen LogP contribution is -1.94. The van der Waals surface area contributed by atoms with Crippen LogP contribution in [0.25, 0.3) is 22.6 Å². The summed E-state index contributed by atoms with van der Waals surface area (Å²) in [6.07, 6.45) is 0. The van der Waals surface area contributed by atoms with E-state index < -0.39 is 0 Å². The summed E-state index contributed by atoms with van der Waals surface area (Å²) in [5.41, 5.74) is 5.09. The first-order valence-electron chi connectivity index (χ1n) is 7.98. The summed E-state index contributed by atoms with van der Waals surface area (Å²) in [5.74, 6) is 1.89. The minimum absolute atomic E-state index is 0.179. The molecule has 1 heterocycles. The zero-order valence-electron chi connectivity index (χ0n) is 14.8. The molecule has 0 amide bonds. The van der Waals surface area contributed by atoms with E-state index in [0.717, 1.165) is 22.3 Å². The zero-order valence-corrected chi connectivity index (χ0v) is 14.8. The molecule has 0 saturated carbocycles. The molecule has 5 heteroatoms. The van der Waals surface area contributed by atoms with Gasteiger partial charge in [0.25, 0.3) is 0 Å². The van der Waals surface area contributed by atoms with Gasteiger partial charge in [0.15, 0.2) is 5.76 Å². The van der Waals surface area contributed by atoms with Crippen LogP contribution in [0.5, 0.6) is 11.5 Å². The average molecular weight is 339 g/mol. The Morgan fingerprint density at radius 2 is 1.60 bits per heavy atom. The summed E-state index contributed by atoms with van der Waals surface area (Å²) in [6, 6.07) is 11.5. The van der Waals surface area contributed by atoms with Crippen molar-refractivity contribution in [1.29, 1.82) is 0 Å². The number of aryl methyl sites for hydroxylation is 2. The maximum absolute atomic E-state index is 9.98. The molecule has 1 N–H and O–H groups in total. The maximum atomic E-state index is 9.98. The highest BCUT2D eigenvalue weighted by atomic mass is 16.5. The van der Waals surface area contributed by atoms with Crippen molar-refractivity contribution in [2.75, 3.05) is 14.2 Å². The molecule has 3 rings (SSSR count). The van der Waals surface area contributed by atoms with Crippen LogP contribution in [0.3, 0.4) is 0 Å². The quantitative estimate of drug-likeness (QED) is 0.757. The third kappa shape index (κ3) is 3.10. The van der Waals surface area contributed by atoms with Gasteiger partial charge in [0, 0.05) is 17.2 Å². The fraction of sp³-hybridized carbons (Fsp3) is 0.250. The van der Waals surface area contributed by atoms with Crippen LogP contribution in [-0.2, 0) is 6.61 Å². The van der Waals surface area contributed by atoms with E-state index >= 15 is 0 Å². The first kappa shape index (κ1) is 17.0. The van der Waals surface area contributed by atoms with Gasteiger partial charge in [-0.05, 0) is 37.1 Å². The van der Waals surface area contributed by atoms with Crippen molar-refractivity contribution < 1.29 is 19.1 Å². The first-order chi connectivity index (χ1) is 12.1. The SMILES string of the molecule is COc1cc(OC)cc(-c2noc(-c3c(C)cccc3C)c2CO)c1. The van der Waals surface area contributed by atoms with Gasteiger partial charge in [-0.15, -0.1) is 0 Å². The second kappa shape index (κ2) is 6.99.